The smallest absolute Gasteiger partial charge is 0.290 e. The largest absolute Gasteiger partial charge is 0.508 e. The second kappa shape index (κ2) is 39.1. The summed E-state index contributed by atoms with van der Waals surface area (Å²) < 4.78 is 12.0. The zero-order valence-corrected chi connectivity index (χ0v) is 74.2. The van der Waals surface area contributed by atoms with E-state index in [9.17, 15) is 19.8 Å². The number of fused-ring (bicyclic) bond motifs is 4. The Morgan fingerprint density at radius 2 is 0.786 bits per heavy atom. The third kappa shape index (κ3) is 20.4. The van der Waals surface area contributed by atoms with Gasteiger partial charge < -0.3 is 58.8 Å². The van der Waals surface area contributed by atoms with E-state index in [1.807, 2.05) is 161 Å². The Bertz CT molecular complexity index is 7540. The first-order valence-corrected chi connectivity index (χ1v) is 42.4. The fraction of sp³-hybridized carbons (Fsp3) is 0.126. The Morgan fingerprint density at radius 3 is 1.21 bits per heavy atom. The van der Waals surface area contributed by atoms with Gasteiger partial charge in [-0.15, -0.1) is 0 Å². The minimum Gasteiger partial charge on any atom is -0.508 e. The lowest BCUT2D eigenvalue weighted by Gasteiger charge is -2.14. The first kappa shape index (κ1) is 88.4. The van der Waals surface area contributed by atoms with Gasteiger partial charge in [0.2, 0.25) is 0 Å². The van der Waals surface area contributed by atoms with Crippen LogP contribution >= 0.6 is 46.4 Å². The Morgan fingerprint density at radius 1 is 0.412 bits per heavy atom. The third-order valence-corrected chi connectivity index (χ3v) is 22.1. The zero-order valence-electron chi connectivity index (χ0n) is 71.2. The molecule has 7 aromatic carbocycles. The van der Waals surface area contributed by atoms with Gasteiger partial charge in [0, 0.05) is 141 Å². The Hall–Kier alpha value is -16.0. The third-order valence-electron chi connectivity index (χ3n) is 21.0. The van der Waals surface area contributed by atoms with Gasteiger partial charge in [-0.25, -0.2) is 34.9 Å². The van der Waals surface area contributed by atoms with Crippen LogP contribution in [0.25, 0.3) is 134 Å². The number of nitrogens with one attached hydrogen (secondary N) is 4. The number of methoxy groups -OCH3 is 1. The van der Waals surface area contributed by atoms with Crippen molar-refractivity contribution in [2.24, 2.45) is 28.2 Å². The molecule has 12 heterocycles. The van der Waals surface area contributed by atoms with E-state index >= 15 is 0 Å². The first-order chi connectivity index (χ1) is 63.3. The van der Waals surface area contributed by atoms with Crippen LogP contribution in [0.2, 0.25) is 20.1 Å². The molecular formula is C95H83Cl4N27O5. The van der Waals surface area contributed by atoms with Gasteiger partial charge in [0.25, 0.3) is 11.5 Å². The molecule has 19 aromatic rings. The molecule has 36 heteroatoms. The van der Waals surface area contributed by atoms with Gasteiger partial charge in [0.15, 0.2) is 40.6 Å². The lowest BCUT2D eigenvalue weighted by Crippen LogP contribution is -2.28. The van der Waals surface area contributed by atoms with E-state index in [0.29, 0.717) is 154 Å². The van der Waals surface area contributed by atoms with Crippen molar-refractivity contribution in [2.45, 2.75) is 26.2 Å². The predicted octanol–water partition coefficient (Wildman–Crippen LogP) is 16.6. The second-order valence-electron chi connectivity index (χ2n) is 30.3. The lowest BCUT2D eigenvalue weighted by atomic mass is 10.0. The molecule has 14 N–H and O–H groups in total. The number of anilines is 6. The highest BCUT2D eigenvalue weighted by atomic mass is 35.5. The SMILES string of the molecule is COc1ccc(CCNc2nc(-c3cc(Cl)c4ncccc4c3)c(-c3ccn(C)n3)nc2N)cc1.Cc1ccnc2c(Cl)cc(-c3[nH]c(=O)c(N)nc3-c3ccn(C)n3)cc12.Cn1ccc(-c2nc(N)c(C(=O)NCCc3ccc(O)cc3)nc2-c2cc(Cl)c3ncccc3c2)n1.Cn1ccc(-c2nc(N)c(NCCc3ccc(O)cc3)nc2-c2cc(Cl)c3ncccc3c2)n1. The molecule has 0 saturated carbocycles. The van der Waals surface area contributed by atoms with Gasteiger partial charge in [0.05, 0.1) is 60.7 Å². The zero-order chi connectivity index (χ0) is 91.7. The maximum absolute atomic E-state index is 13.0. The molecule has 19 rings (SSSR count). The summed E-state index contributed by atoms with van der Waals surface area (Å²) in [5.74, 6) is 2.28. The number of aromatic amines is 1. The molecule has 0 aliphatic heterocycles. The van der Waals surface area contributed by atoms with Crippen molar-refractivity contribution in [3.8, 4) is 108 Å². The van der Waals surface area contributed by atoms with E-state index in [-0.39, 0.29) is 34.6 Å². The maximum Gasteiger partial charge on any atom is 0.290 e. The number of carbonyl (C=O) groups is 1. The summed E-state index contributed by atoms with van der Waals surface area (Å²) in [5, 5.41) is 51.8. The van der Waals surface area contributed by atoms with E-state index in [0.717, 1.165) is 79.0 Å². The molecule has 0 aliphatic rings. The average molecular weight is 1820 g/mol. The van der Waals surface area contributed by atoms with Crippen LogP contribution in [0.4, 0.5) is 34.9 Å². The molecule has 1 amide bonds. The molecule has 12 aromatic heterocycles. The maximum atomic E-state index is 13.0. The summed E-state index contributed by atoms with van der Waals surface area (Å²) in [6.07, 6.45) is 16.2. The number of rotatable bonds is 21. The molecule has 0 unspecified atom stereocenters. The minimum atomic E-state index is -0.459. The molecule has 0 fully saturated rings. The Labute approximate surface area is 768 Å². The summed E-state index contributed by atoms with van der Waals surface area (Å²) in [6.45, 7) is 3.56. The highest BCUT2D eigenvalue weighted by Crippen LogP contribution is 2.41. The van der Waals surface area contributed by atoms with Gasteiger partial charge in [-0.2, -0.15) is 20.4 Å². The van der Waals surface area contributed by atoms with Crippen LogP contribution in [0.1, 0.15) is 32.7 Å². The first-order valence-electron chi connectivity index (χ1n) is 40.9. The van der Waals surface area contributed by atoms with Crippen LogP contribution in [0.5, 0.6) is 17.2 Å². The van der Waals surface area contributed by atoms with Crippen molar-refractivity contribution < 1.29 is 19.7 Å². The topological polar surface area (TPSA) is 453 Å². The fourth-order valence-corrected chi connectivity index (χ4v) is 15.5. The molecule has 32 nitrogen and oxygen atoms in total. The lowest BCUT2D eigenvalue weighted by molar-refractivity contribution is 0.0950. The van der Waals surface area contributed by atoms with Gasteiger partial charge in [-0.05, 0) is 182 Å². The van der Waals surface area contributed by atoms with E-state index in [2.05, 4.69) is 81.2 Å². The number of hydrogen-bond donors (Lipinski definition) is 10. The molecule has 0 atom stereocenters. The second-order valence-corrected chi connectivity index (χ2v) is 31.9. The number of nitrogens with zero attached hydrogens (tertiary/aromatic N) is 19. The van der Waals surface area contributed by atoms with Crippen LogP contribution in [0.15, 0.2) is 242 Å². The number of aromatic nitrogens is 20. The van der Waals surface area contributed by atoms with Crippen molar-refractivity contribution in [1.82, 2.24) is 104 Å². The van der Waals surface area contributed by atoms with Crippen molar-refractivity contribution >= 4 is 131 Å². The number of aryl methyl sites for hydroxylation is 5. The molecule has 0 spiro atoms. The van der Waals surface area contributed by atoms with Crippen LogP contribution in [-0.2, 0) is 47.5 Å². The highest BCUT2D eigenvalue weighted by Gasteiger charge is 2.26. The summed E-state index contributed by atoms with van der Waals surface area (Å²) in [5.41, 5.74) is 40.9. The predicted molar refractivity (Wildman–Crippen MR) is 515 cm³/mol. The molecule has 0 aliphatic carbocycles. The number of phenolic OH excluding ortho intramolecular Hbond substituents is 2. The number of nitrogen functional groups attached to an aromatic ring is 4. The van der Waals surface area contributed by atoms with Gasteiger partial charge >= 0.3 is 0 Å². The summed E-state index contributed by atoms with van der Waals surface area (Å²) in [4.78, 5) is 77.9. The standard InChI is InChI=1S/C26H22ClN7O2.C26H24ClN7O.C25H22ClN7O.C18H15ClN6O/c1-34-12-9-20(33-34)23-22(17-13-16-3-2-10-29-21(16)19(27)14-17)31-24(25(28)32-23)26(36)30-11-8-15-4-6-18(35)7-5-15;1-34-13-10-21(33-34)24-23(18-14-17-4-3-11-29-22(17)20(27)15-18)32-26(25(28)31-24)30-12-9-16-5-7-19(35-2)8-6-16;1-33-12-9-20(32-33)23-22(17-13-16-3-2-10-28-21(16)19(26)14-17)31-25(24(27)30-23)29-11-8-15-4-6-18(34)7-5-15;1-9-3-5-21-15-11(9)7-10(8-12(15)19)14-16(13-4-6-25(2)24-13)22-17(20)18(26)23-14/h2-7,9-10,12-14,35H,8,11H2,1H3,(H2,28,32)(H,30,36);3-8,10-11,13-15H,9,12H2,1-2H3,(H2,28,31)(H,30,32);2-7,9-10,12-14,34H,8,11H2,1H3,(H2,27,30)(H,29,31);3-8H,1-2H3,(H2,20,22)(H,23,26). The molecule has 0 saturated heterocycles. The van der Waals surface area contributed by atoms with Crippen LogP contribution in [-0.4, -0.2) is 142 Å². The molecule has 0 radical (unpaired) electrons. The molecule has 656 valence electrons. The van der Waals surface area contributed by atoms with Gasteiger partial charge in [0.1, 0.15) is 74.2 Å². The van der Waals surface area contributed by atoms with Crippen molar-refractivity contribution in [3.05, 3.63) is 296 Å². The summed E-state index contributed by atoms with van der Waals surface area (Å²) in [7, 11) is 8.96. The molecule has 0 bridgehead atoms. The van der Waals surface area contributed by atoms with E-state index in [1.54, 1.807) is 138 Å². The summed E-state index contributed by atoms with van der Waals surface area (Å²) in [6, 6.07) is 57.5. The molecule has 131 heavy (non-hydrogen) atoms. The van der Waals surface area contributed by atoms with Crippen molar-refractivity contribution in [1.29, 1.82) is 0 Å². The van der Waals surface area contributed by atoms with Crippen LogP contribution in [0.3, 0.4) is 0 Å². The number of carbonyl (C=O) groups excluding carboxylic acids is 1. The highest BCUT2D eigenvalue weighted by molar-refractivity contribution is 6.37. The van der Waals surface area contributed by atoms with Gasteiger partial charge in [-0.1, -0.05) is 101 Å². The van der Waals surface area contributed by atoms with Gasteiger partial charge in [-0.3, -0.25) is 48.3 Å². The average Bonchev–Trinajstić information content (AvgIpc) is 1.73. The Balaban J connectivity index is 0.000000128. The fourth-order valence-electron chi connectivity index (χ4n) is 14.4. The normalized spacial score (nSPS) is 11.1. The number of nitrogens with two attached hydrogens (primary N) is 4. The number of phenols is 2. The number of ether oxygens (including phenoxy) is 1. The quantitative estimate of drug-likeness (QED) is 0.0319. The number of pyridine rings is 4. The molecular weight excluding hydrogens is 1740 g/mol. The van der Waals surface area contributed by atoms with Crippen molar-refractivity contribution in [3.63, 3.8) is 0 Å². The van der Waals surface area contributed by atoms with E-state index in [4.69, 9.17) is 89.0 Å². The number of benzene rings is 7. The Kier molecular flexibility index (Phi) is 26.4. The van der Waals surface area contributed by atoms with E-state index < -0.39 is 11.5 Å². The van der Waals surface area contributed by atoms with Crippen molar-refractivity contribution in [2.75, 3.05) is 60.3 Å². The van der Waals surface area contributed by atoms with E-state index in [1.165, 1.54) is 5.56 Å². The number of H-pyrrole nitrogens is 1. The van der Waals surface area contributed by atoms with Crippen LogP contribution in [0, 0.1) is 6.92 Å². The summed E-state index contributed by atoms with van der Waals surface area (Å²) >= 11 is 26.1. The van der Waals surface area contributed by atoms with Crippen LogP contribution < -0.4 is 49.2 Å². The number of hydrogen-bond acceptors (Lipinski definition) is 26. The number of halogens is 4. The monoisotopic (exact) mass is 1820 g/mol. The number of amides is 1. The minimum absolute atomic E-state index is 0.00455. The number of aromatic hydroxyl groups is 2.